The van der Waals surface area contributed by atoms with E-state index in [1.807, 2.05) is 40.8 Å². The Morgan fingerprint density at radius 3 is 2.38 bits per heavy atom. The molecule has 2 aromatic carbocycles. The summed E-state index contributed by atoms with van der Waals surface area (Å²) in [6, 6.07) is 12.3. The molecule has 1 heterocycles. The number of fused-ring (bicyclic) bond motifs is 1. The molecule has 0 aliphatic rings. The summed E-state index contributed by atoms with van der Waals surface area (Å²) in [4.78, 5) is 0. The van der Waals surface area contributed by atoms with Gasteiger partial charge in [0.1, 0.15) is 17.4 Å². The van der Waals surface area contributed by atoms with Crippen LogP contribution in [-0.4, -0.2) is 10.2 Å². The molecule has 3 aromatic rings. The first-order valence-corrected chi connectivity index (χ1v) is 7.92. The zero-order valence-corrected chi connectivity index (χ0v) is 14.9. The highest BCUT2D eigenvalue weighted by atomic mass is 127. The summed E-state index contributed by atoms with van der Waals surface area (Å²) in [7, 11) is 0. The molecule has 0 aliphatic carbocycles. The zero-order chi connectivity index (χ0) is 15.4. The third kappa shape index (κ3) is 3.62. The number of nitrogens with zero attached hydrogens (tertiary/aromatic N) is 2. The molecule has 0 aliphatic heterocycles. The van der Waals surface area contributed by atoms with Gasteiger partial charge in [0.05, 0.1) is 10.9 Å². The van der Waals surface area contributed by atoms with Crippen LogP contribution in [0.4, 0.5) is 10.2 Å². The SMILES string of the molecule is N#Cc1c(F)cccc1I.Nc1n[nH]c2cccc(I)c12. The van der Waals surface area contributed by atoms with Gasteiger partial charge in [-0.3, -0.25) is 5.10 Å². The first-order chi connectivity index (χ1) is 10.0. The molecule has 0 bridgehead atoms. The molecule has 0 radical (unpaired) electrons. The van der Waals surface area contributed by atoms with E-state index in [0.29, 0.717) is 9.39 Å². The van der Waals surface area contributed by atoms with E-state index in [2.05, 4.69) is 32.8 Å². The van der Waals surface area contributed by atoms with Gasteiger partial charge in [-0.2, -0.15) is 10.4 Å². The van der Waals surface area contributed by atoms with Crippen LogP contribution in [0, 0.1) is 24.3 Å². The van der Waals surface area contributed by atoms with Gasteiger partial charge in [0.2, 0.25) is 0 Å². The largest absolute Gasteiger partial charge is 0.382 e. The highest BCUT2D eigenvalue weighted by Crippen LogP contribution is 2.23. The Balaban J connectivity index is 0.000000155. The first-order valence-electron chi connectivity index (χ1n) is 5.76. The van der Waals surface area contributed by atoms with E-state index < -0.39 is 5.82 Å². The van der Waals surface area contributed by atoms with Crippen molar-refractivity contribution < 1.29 is 4.39 Å². The predicted molar refractivity (Wildman–Crippen MR) is 97.1 cm³/mol. The van der Waals surface area contributed by atoms with E-state index >= 15 is 0 Å². The number of benzene rings is 2. The van der Waals surface area contributed by atoms with E-state index in [-0.39, 0.29) is 5.56 Å². The average Bonchev–Trinajstić information content (AvgIpc) is 2.83. The fraction of sp³-hybridized carbons (Fsp3) is 0. The van der Waals surface area contributed by atoms with Gasteiger partial charge >= 0.3 is 0 Å². The van der Waals surface area contributed by atoms with Crippen molar-refractivity contribution >= 4 is 61.9 Å². The second-order valence-corrected chi connectivity index (χ2v) is 6.30. The number of rotatable bonds is 0. The Bertz CT molecular complexity index is 803. The van der Waals surface area contributed by atoms with E-state index in [0.717, 1.165) is 14.5 Å². The minimum absolute atomic E-state index is 0.128. The second kappa shape index (κ2) is 7.04. The highest BCUT2D eigenvalue weighted by molar-refractivity contribution is 14.1. The lowest BCUT2D eigenvalue weighted by Gasteiger charge is -1.93. The van der Waals surface area contributed by atoms with E-state index in [9.17, 15) is 4.39 Å². The van der Waals surface area contributed by atoms with E-state index in [1.54, 1.807) is 18.2 Å². The number of nitrogen functional groups attached to an aromatic ring is 1. The number of halogens is 3. The van der Waals surface area contributed by atoms with Gasteiger partial charge in [0.15, 0.2) is 5.82 Å². The number of nitrogens with one attached hydrogen (secondary N) is 1. The molecule has 1 aromatic heterocycles. The molecular formula is C14H9FI2N4. The van der Waals surface area contributed by atoms with Crippen LogP contribution < -0.4 is 5.73 Å². The molecule has 0 unspecified atom stereocenters. The molecule has 0 atom stereocenters. The van der Waals surface area contributed by atoms with Gasteiger partial charge in [0.25, 0.3) is 0 Å². The molecule has 4 nitrogen and oxygen atoms in total. The van der Waals surface area contributed by atoms with E-state index in [4.69, 9.17) is 11.0 Å². The smallest absolute Gasteiger partial charge is 0.154 e. The number of aromatic amines is 1. The number of hydrogen-bond donors (Lipinski definition) is 2. The lowest BCUT2D eigenvalue weighted by Crippen LogP contribution is -1.85. The number of aromatic nitrogens is 2. The number of H-pyrrole nitrogens is 1. The number of nitriles is 1. The van der Waals surface area contributed by atoms with Crippen LogP contribution in [-0.2, 0) is 0 Å². The average molecular weight is 506 g/mol. The minimum Gasteiger partial charge on any atom is -0.382 e. The maximum Gasteiger partial charge on any atom is 0.154 e. The molecule has 0 fully saturated rings. The van der Waals surface area contributed by atoms with Gasteiger partial charge in [0, 0.05) is 7.14 Å². The Morgan fingerprint density at radius 1 is 1.14 bits per heavy atom. The Kier molecular flexibility index (Phi) is 5.35. The molecule has 3 rings (SSSR count). The lowest BCUT2D eigenvalue weighted by molar-refractivity contribution is 0.623. The fourth-order valence-electron chi connectivity index (χ4n) is 1.66. The maximum atomic E-state index is 12.6. The van der Waals surface area contributed by atoms with Crippen molar-refractivity contribution in [1.29, 1.82) is 5.26 Å². The van der Waals surface area contributed by atoms with Crippen LogP contribution in [0.1, 0.15) is 5.56 Å². The molecule has 3 N–H and O–H groups in total. The molecule has 106 valence electrons. The van der Waals surface area contributed by atoms with Crippen LogP contribution in [0.5, 0.6) is 0 Å². The van der Waals surface area contributed by atoms with Crippen molar-refractivity contribution in [2.45, 2.75) is 0 Å². The highest BCUT2D eigenvalue weighted by Gasteiger charge is 2.04. The van der Waals surface area contributed by atoms with Crippen LogP contribution in [0.3, 0.4) is 0 Å². The number of anilines is 1. The second-order valence-electron chi connectivity index (χ2n) is 3.98. The molecule has 21 heavy (non-hydrogen) atoms. The molecule has 0 saturated carbocycles. The fourth-order valence-corrected chi connectivity index (χ4v) is 3.02. The standard InChI is InChI=1S/C7H3FIN.C7H6IN3/c8-6-2-1-3-7(9)5(6)4-10;8-4-2-1-3-5-6(4)7(9)11-10-5/h1-3H;1-3H,(H3,9,10,11). The normalized spacial score (nSPS) is 9.81. The van der Waals surface area contributed by atoms with Gasteiger partial charge in [-0.15, -0.1) is 0 Å². The van der Waals surface area contributed by atoms with Crippen molar-refractivity contribution in [2.75, 3.05) is 5.73 Å². The number of hydrogen-bond acceptors (Lipinski definition) is 3. The molecule has 7 heteroatoms. The summed E-state index contributed by atoms with van der Waals surface area (Å²) in [5, 5.41) is 16.2. The summed E-state index contributed by atoms with van der Waals surface area (Å²) in [5.74, 6) is 0.124. The Morgan fingerprint density at radius 2 is 1.81 bits per heavy atom. The molecule has 0 saturated heterocycles. The molecular weight excluding hydrogens is 497 g/mol. The summed E-state index contributed by atoms with van der Waals surface area (Å²) < 4.78 is 14.4. The topological polar surface area (TPSA) is 78.5 Å². The quantitative estimate of drug-likeness (QED) is 0.452. The van der Waals surface area contributed by atoms with Gasteiger partial charge in [-0.05, 0) is 69.4 Å². The Labute approximate surface area is 147 Å². The molecule has 0 amide bonds. The van der Waals surface area contributed by atoms with Crippen LogP contribution in [0.2, 0.25) is 0 Å². The van der Waals surface area contributed by atoms with Crippen LogP contribution >= 0.6 is 45.2 Å². The third-order valence-corrected chi connectivity index (χ3v) is 4.44. The number of nitrogens with two attached hydrogens (primary N) is 1. The van der Waals surface area contributed by atoms with Crippen molar-refractivity contribution in [1.82, 2.24) is 10.2 Å². The van der Waals surface area contributed by atoms with Crippen LogP contribution in [0.25, 0.3) is 10.9 Å². The minimum atomic E-state index is -0.450. The monoisotopic (exact) mass is 506 g/mol. The zero-order valence-electron chi connectivity index (χ0n) is 10.6. The van der Waals surface area contributed by atoms with Crippen molar-refractivity contribution in [3.8, 4) is 6.07 Å². The lowest BCUT2D eigenvalue weighted by atomic mass is 10.2. The summed E-state index contributed by atoms with van der Waals surface area (Å²) in [6.45, 7) is 0. The summed E-state index contributed by atoms with van der Waals surface area (Å²) in [5.41, 5.74) is 6.75. The predicted octanol–water partition coefficient (Wildman–Crippen LogP) is 4.05. The summed E-state index contributed by atoms with van der Waals surface area (Å²) in [6.07, 6.45) is 0. The first kappa shape index (κ1) is 16.0. The third-order valence-electron chi connectivity index (χ3n) is 2.64. The summed E-state index contributed by atoms with van der Waals surface area (Å²) >= 11 is 4.16. The van der Waals surface area contributed by atoms with Crippen molar-refractivity contribution in [2.24, 2.45) is 0 Å². The van der Waals surface area contributed by atoms with Crippen molar-refractivity contribution in [3.63, 3.8) is 0 Å². The van der Waals surface area contributed by atoms with Gasteiger partial charge in [-0.1, -0.05) is 12.1 Å². The van der Waals surface area contributed by atoms with Gasteiger partial charge in [-0.25, -0.2) is 4.39 Å². The van der Waals surface area contributed by atoms with E-state index in [1.165, 1.54) is 6.07 Å². The van der Waals surface area contributed by atoms with Crippen molar-refractivity contribution in [3.05, 3.63) is 54.9 Å². The maximum absolute atomic E-state index is 12.6. The molecule has 0 spiro atoms. The van der Waals surface area contributed by atoms with Crippen LogP contribution in [0.15, 0.2) is 36.4 Å². The Hall–Kier alpha value is -1.41. The van der Waals surface area contributed by atoms with Gasteiger partial charge < -0.3 is 5.73 Å².